The zero-order chi connectivity index (χ0) is 11.6. The van der Waals surface area contributed by atoms with Gasteiger partial charge in [-0.25, -0.2) is 4.98 Å². The van der Waals surface area contributed by atoms with Gasteiger partial charge in [0.2, 0.25) is 0 Å². The quantitative estimate of drug-likeness (QED) is 0.663. The Hall–Kier alpha value is -0.410. The van der Waals surface area contributed by atoms with Crippen molar-refractivity contribution < 1.29 is 0 Å². The molecule has 0 spiro atoms. The van der Waals surface area contributed by atoms with Gasteiger partial charge in [0.1, 0.15) is 0 Å². The number of unbranched alkanes of at least 4 members (excludes halogenated alkanes) is 1. The van der Waals surface area contributed by atoms with Crippen LogP contribution < -0.4 is 5.32 Å². The summed E-state index contributed by atoms with van der Waals surface area (Å²) in [6.07, 6.45) is 6.72. The topological polar surface area (TPSA) is 24.9 Å². The van der Waals surface area contributed by atoms with Gasteiger partial charge in [-0.3, -0.25) is 0 Å². The van der Waals surface area contributed by atoms with Crippen molar-refractivity contribution >= 4 is 11.3 Å². The van der Waals surface area contributed by atoms with Gasteiger partial charge in [0.25, 0.3) is 0 Å². The van der Waals surface area contributed by atoms with Crippen molar-refractivity contribution in [2.75, 3.05) is 6.54 Å². The summed E-state index contributed by atoms with van der Waals surface area (Å²) in [5.41, 5.74) is 3.07. The molecular weight excluding hydrogens is 216 g/mol. The molecule has 1 heterocycles. The monoisotopic (exact) mass is 240 g/mol. The highest BCUT2D eigenvalue weighted by molar-refractivity contribution is 7.07. The van der Waals surface area contributed by atoms with E-state index >= 15 is 0 Å². The molecular formula is C13H24N2S. The predicted octanol–water partition coefficient (Wildman–Crippen LogP) is 3.84. The normalized spacial score (nSPS) is 12.9. The van der Waals surface area contributed by atoms with Gasteiger partial charge in [0, 0.05) is 11.9 Å². The third kappa shape index (κ3) is 5.61. The Labute approximate surface area is 103 Å². The predicted molar refractivity (Wildman–Crippen MR) is 71.7 cm³/mol. The van der Waals surface area contributed by atoms with E-state index in [0.29, 0.717) is 0 Å². The largest absolute Gasteiger partial charge is 0.311 e. The van der Waals surface area contributed by atoms with Gasteiger partial charge < -0.3 is 5.32 Å². The van der Waals surface area contributed by atoms with E-state index in [4.69, 9.17) is 0 Å². The second-order valence-electron chi connectivity index (χ2n) is 4.36. The molecule has 0 amide bonds. The maximum Gasteiger partial charge on any atom is 0.0795 e. The third-order valence-corrected chi connectivity index (χ3v) is 3.70. The maximum atomic E-state index is 4.26. The van der Waals surface area contributed by atoms with Crippen LogP contribution in [-0.2, 0) is 6.54 Å². The Kier molecular flexibility index (Phi) is 7.43. The van der Waals surface area contributed by atoms with E-state index in [1.54, 1.807) is 11.3 Å². The van der Waals surface area contributed by atoms with Gasteiger partial charge in [-0.05, 0) is 18.9 Å². The Morgan fingerprint density at radius 3 is 2.88 bits per heavy atom. The first-order valence-electron chi connectivity index (χ1n) is 6.44. The second-order valence-corrected chi connectivity index (χ2v) is 5.08. The molecule has 0 aromatic carbocycles. The lowest BCUT2D eigenvalue weighted by molar-refractivity contribution is 0.409. The van der Waals surface area contributed by atoms with Crippen molar-refractivity contribution in [1.29, 1.82) is 0 Å². The van der Waals surface area contributed by atoms with Gasteiger partial charge in [0.15, 0.2) is 0 Å². The molecule has 1 aromatic heterocycles. The van der Waals surface area contributed by atoms with Crippen LogP contribution in [0.4, 0.5) is 0 Å². The van der Waals surface area contributed by atoms with Crippen molar-refractivity contribution in [2.24, 2.45) is 5.92 Å². The van der Waals surface area contributed by atoms with E-state index < -0.39 is 0 Å². The summed E-state index contributed by atoms with van der Waals surface area (Å²) in [5, 5.41) is 5.59. The van der Waals surface area contributed by atoms with Crippen LogP contribution in [0.1, 0.15) is 51.6 Å². The minimum Gasteiger partial charge on any atom is -0.311 e. The number of thiazole rings is 1. The highest BCUT2D eigenvalue weighted by Gasteiger charge is 2.05. The lowest BCUT2D eigenvalue weighted by Gasteiger charge is -2.14. The van der Waals surface area contributed by atoms with Crippen LogP contribution in [0.15, 0.2) is 10.9 Å². The van der Waals surface area contributed by atoms with E-state index in [-0.39, 0.29) is 0 Å². The lowest BCUT2D eigenvalue weighted by Crippen LogP contribution is -2.17. The summed E-state index contributed by atoms with van der Waals surface area (Å²) in [6.45, 7) is 6.63. The Morgan fingerprint density at radius 1 is 1.38 bits per heavy atom. The smallest absolute Gasteiger partial charge is 0.0795 e. The SMILES string of the molecule is CCCCC(CC)CCNCc1cscn1. The van der Waals surface area contributed by atoms with Gasteiger partial charge in [0.05, 0.1) is 11.2 Å². The summed E-state index contributed by atoms with van der Waals surface area (Å²) in [7, 11) is 0. The maximum absolute atomic E-state index is 4.26. The molecule has 2 nitrogen and oxygen atoms in total. The van der Waals surface area contributed by atoms with Crippen molar-refractivity contribution in [3.8, 4) is 0 Å². The summed E-state index contributed by atoms with van der Waals surface area (Å²) in [5.74, 6) is 0.905. The summed E-state index contributed by atoms with van der Waals surface area (Å²) in [6, 6.07) is 0. The first kappa shape index (κ1) is 13.7. The third-order valence-electron chi connectivity index (χ3n) is 3.06. The van der Waals surface area contributed by atoms with Gasteiger partial charge in [-0.15, -0.1) is 11.3 Å². The molecule has 16 heavy (non-hydrogen) atoms. The van der Waals surface area contributed by atoms with Crippen LogP contribution in [-0.4, -0.2) is 11.5 Å². The molecule has 1 rings (SSSR count). The molecule has 0 aliphatic heterocycles. The average Bonchev–Trinajstić information content (AvgIpc) is 2.81. The number of hydrogen-bond acceptors (Lipinski definition) is 3. The van der Waals surface area contributed by atoms with E-state index in [9.17, 15) is 0 Å². The number of nitrogens with zero attached hydrogens (tertiary/aromatic N) is 1. The molecule has 0 aliphatic carbocycles. The Bertz CT molecular complexity index is 246. The van der Waals surface area contributed by atoms with Crippen molar-refractivity contribution in [3.63, 3.8) is 0 Å². The first-order valence-corrected chi connectivity index (χ1v) is 7.38. The molecule has 1 atom stereocenters. The molecule has 1 aromatic rings. The van der Waals surface area contributed by atoms with Crippen LogP contribution in [0.3, 0.4) is 0 Å². The fourth-order valence-corrected chi connectivity index (χ4v) is 2.45. The summed E-state index contributed by atoms with van der Waals surface area (Å²) >= 11 is 1.67. The number of rotatable bonds is 9. The minimum atomic E-state index is 0.905. The van der Waals surface area contributed by atoms with E-state index in [1.165, 1.54) is 37.8 Å². The minimum absolute atomic E-state index is 0.905. The summed E-state index contributed by atoms with van der Waals surface area (Å²) in [4.78, 5) is 4.26. The molecule has 0 aliphatic rings. The Morgan fingerprint density at radius 2 is 2.25 bits per heavy atom. The molecule has 0 bridgehead atoms. The fraction of sp³-hybridized carbons (Fsp3) is 0.769. The van der Waals surface area contributed by atoms with E-state index in [2.05, 4.69) is 29.5 Å². The van der Waals surface area contributed by atoms with Crippen molar-refractivity contribution in [2.45, 2.75) is 52.5 Å². The van der Waals surface area contributed by atoms with Crippen LogP contribution >= 0.6 is 11.3 Å². The number of nitrogens with one attached hydrogen (secondary N) is 1. The van der Waals surface area contributed by atoms with Crippen LogP contribution in [0, 0.1) is 5.92 Å². The van der Waals surface area contributed by atoms with Gasteiger partial charge >= 0.3 is 0 Å². The molecule has 1 N–H and O–H groups in total. The second kappa shape index (κ2) is 8.71. The van der Waals surface area contributed by atoms with E-state index in [0.717, 1.165) is 19.0 Å². The van der Waals surface area contributed by atoms with Crippen LogP contribution in [0.5, 0.6) is 0 Å². The molecule has 0 saturated heterocycles. The highest BCUT2D eigenvalue weighted by atomic mass is 32.1. The zero-order valence-corrected chi connectivity index (χ0v) is 11.4. The molecule has 3 heteroatoms. The molecule has 1 unspecified atom stereocenters. The van der Waals surface area contributed by atoms with Crippen LogP contribution in [0.2, 0.25) is 0 Å². The van der Waals surface area contributed by atoms with Crippen molar-refractivity contribution in [3.05, 3.63) is 16.6 Å². The molecule has 0 saturated carbocycles. The molecule has 92 valence electrons. The zero-order valence-electron chi connectivity index (χ0n) is 10.5. The van der Waals surface area contributed by atoms with Crippen LogP contribution in [0.25, 0.3) is 0 Å². The molecule has 0 fully saturated rings. The number of aromatic nitrogens is 1. The molecule has 0 radical (unpaired) electrons. The summed E-state index contributed by atoms with van der Waals surface area (Å²) < 4.78 is 0. The van der Waals surface area contributed by atoms with E-state index in [1.807, 2.05) is 5.51 Å². The highest BCUT2D eigenvalue weighted by Crippen LogP contribution is 2.15. The van der Waals surface area contributed by atoms with Gasteiger partial charge in [-0.1, -0.05) is 39.5 Å². The lowest BCUT2D eigenvalue weighted by atomic mass is 9.96. The average molecular weight is 240 g/mol. The number of hydrogen-bond donors (Lipinski definition) is 1. The fourth-order valence-electron chi connectivity index (χ4n) is 1.89. The first-order chi connectivity index (χ1) is 7.86. The van der Waals surface area contributed by atoms with Crippen molar-refractivity contribution in [1.82, 2.24) is 10.3 Å². The Balaban J connectivity index is 2.04. The van der Waals surface area contributed by atoms with Gasteiger partial charge in [-0.2, -0.15) is 0 Å². The standard InChI is InChI=1S/C13H24N2S/c1-3-5-6-12(4-2)7-8-14-9-13-10-16-11-15-13/h10-12,14H,3-9H2,1-2H3.